The van der Waals surface area contributed by atoms with Crippen LogP contribution in [0.2, 0.25) is 0 Å². The van der Waals surface area contributed by atoms with Crippen LogP contribution in [-0.2, 0) is 10.0 Å². The smallest absolute Gasteiger partial charge is 0.217 e. The van der Waals surface area contributed by atoms with Crippen LogP contribution >= 0.6 is 0 Å². The highest BCUT2D eigenvalue weighted by atomic mass is 32.2. The van der Waals surface area contributed by atoms with Crippen LogP contribution in [0.3, 0.4) is 0 Å². The molecule has 94 valence electrons. The zero-order valence-corrected chi connectivity index (χ0v) is 10.6. The molecule has 1 heterocycles. The number of nitrogens with zero attached hydrogens (tertiary/aromatic N) is 2. The molecule has 1 aliphatic carbocycles. The summed E-state index contributed by atoms with van der Waals surface area (Å²) in [5, 5.41) is -0.0778. The lowest BCUT2D eigenvalue weighted by molar-refractivity contribution is 0.148. The maximum absolute atomic E-state index is 12.0. The van der Waals surface area contributed by atoms with Crippen molar-refractivity contribution in [2.45, 2.75) is 31.1 Å². The Kier molecular flexibility index (Phi) is 3.53. The first-order valence-corrected chi connectivity index (χ1v) is 7.49. The number of hydrogen-bond acceptors (Lipinski definition) is 4. The van der Waals surface area contributed by atoms with Gasteiger partial charge in [0.15, 0.2) is 0 Å². The molecular formula is C10H21N3O2S. The van der Waals surface area contributed by atoms with Gasteiger partial charge >= 0.3 is 0 Å². The number of rotatable bonds is 4. The molecule has 1 atom stereocenters. The van der Waals surface area contributed by atoms with Crippen molar-refractivity contribution in [3.8, 4) is 0 Å². The highest BCUT2D eigenvalue weighted by Gasteiger charge is 2.41. The normalized spacial score (nSPS) is 26.9. The molecule has 0 aromatic carbocycles. The summed E-state index contributed by atoms with van der Waals surface area (Å²) in [5.74, 6) is 0. The number of piperazine rings is 1. The third-order valence-corrected chi connectivity index (χ3v) is 5.94. The van der Waals surface area contributed by atoms with E-state index in [9.17, 15) is 8.42 Å². The van der Waals surface area contributed by atoms with Gasteiger partial charge in [-0.05, 0) is 19.8 Å². The van der Waals surface area contributed by atoms with Crippen molar-refractivity contribution in [2.24, 2.45) is 5.73 Å². The summed E-state index contributed by atoms with van der Waals surface area (Å²) in [4.78, 5) is 2.26. The van der Waals surface area contributed by atoms with E-state index in [1.54, 1.807) is 4.31 Å². The average molecular weight is 247 g/mol. The lowest BCUT2D eigenvalue weighted by Gasteiger charge is -2.37. The number of nitrogens with two attached hydrogens (primary N) is 1. The first kappa shape index (κ1) is 12.3. The molecule has 0 bridgehead atoms. The highest BCUT2D eigenvalue weighted by molar-refractivity contribution is 7.90. The molecule has 0 aromatic heterocycles. The van der Waals surface area contributed by atoms with Crippen LogP contribution in [0.1, 0.15) is 19.8 Å². The topological polar surface area (TPSA) is 66.6 Å². The summed E-state index contributed by atoms with van der Waals surface area (Å²) in [7, 11) is -2.97. The van der Waals surface area contributed by atoms with Gasteiger partial charge in [-0.1, -0.05) is 0 Å². The van der Waals surface area contributed by atoms with Crippen LogP contribution in [0, 0.1) is 0 Å². The van der Waals surface area contributed by atoms with Crippen molar-refractivity contribution in [3.63, 3.8) is 0 Å². The van der Waals surface area contributed by atoms with Crippen molar-refractivity contribution in [1.82, 2.24) is 9.21 Å². The third kappa shape index (κ3) is 2.40. The Hall–Kier alpha value is -0.170. The standard InChI is InChI=1S/C10H21N3O2S/c1-9(8-11)12-4-6-13(7-5-12)16(14,15)10-2-3-10/h9-10H,2-8,11H2,1H3. The van der Waals surface area contributed by atoms with Gasteiger partial charge in [-0.15, -0.1) is 0 Å². The number of sulfonamides is 1. The summed E-state index contributed by atoms with van der Waals surface area (Å²) < 4.78 is 25.6. The van der Waals surface area contributed by atoms with Gasteiger partial charge in [0.1, 0.15) is 0 Å². The lowest BCUT2D eigenvalue weighted by Crippen LogP contribution is -2.53. The Balaban J connectivity index is 1.90. The Morgan fingerprint density at radius 1 is 1.25 bits per heavy atom. The van der Waals surface area contributed by atoms with Gasteiger partial charge in [-0.2, -0.15) is 4.31 Å². The van der Waals surface area contributed by atoms with Gasteiger partial charge in [0, 0.05) is 38.8 Å². The molecule has 5 nitrogen and oxygen atoms in total. The second-order valence-corrected chi connectivity index (χ2v) is 6.98. The first-order valence-electron chi connectivity index (χ1n) is 5.99. The van der Waals surface area contributed by atoms with Crippen molar-refractivity contribution >= 4 is 10.0 Å². The molecule has 6 heteroatoms. The summed E-state index contributed by atoms with van der Waals surface area (Å²) in [6, 6.07) is 0.353. The van der Waals surface area contributed by atoms with Crippen LogP contribution in [-0.4, -0.2) is 61.6 Å². The van der Waals surface area contributed by atoms with Gasteiger partial charge in [0.05, 0.1) is 5.25 Å². The second kappa shape index (κ2) is 4.60. The van der Waals surface area contributed by atoms with E-state index in [2.05, 4.69) is 11.8 Å². The zero-order chi connectivity index (χ0) is 11.8. The largest absolute Gasteiger partial charge is 0.329 e. The Morgan fingerprint density at radius 2 is 1.81 bits per heavy atom. The predicted molar refractivity (Wildman–Crippen MR) is 63.6 cm³/mol. The van der Waals surface area contributed by atoms with E-state index in [-0.39, 0.29) is 5.25 Å². The number of hydrogen-bond donors (Lipinski definition) is 1. The first-order chi connectivity index (χ1) is 7.55. The van der Waals surface area contributed by atoms with Gasteiger partial charge in [0.25, 0.3) is 0 Å². The molecule has 1 aliphatic heterocycles. The summed E-state index contributed by atoms with van der Waals surface area (Å²) >= 11 is 0. The van der Waals surface area contributed by atoms with E-state index in [4.69, 9.17) is 5.73 Å². The molecule has 1 unspecified atom stereocenters. The van der Waals surface area contributed by atoms with E-state index < -0.39 is 10.0 Å². The van der Waals surface area contributed by atoms with Crippen LogP contribution in [0.4, 0.5) is 0 Å². The van der Waals surface area contributed by atoms with E-state index >= 15 is 0 Å². The fourth-order valence-corrected chi connectivity index (χ4v) is 3.95. The molecule has 16 heavy (non-hydrogen) atoms. The van der Waals surface area contributed by atoms with Gasteiger partial charge < -0.3 is 5.73 Å². The molecule has 0 aromatic rings. The molecule has 2 rings (SSSR count). The minimum atomic E-state index is -2.97. The van der Waals surface area contributed by atoms with E-state index in [1.807, 2.05) is 0 Å². The molecule has 2 fully saturated rings. The predicted octanol–water partition coefficient (Wildman–Crippen LogP) is -0.557. The van der Waals surface area contributed by atoms with E-state index in [1.165, 1.54) is 0 Å². The maximum Gasteiger partial charge on any atom is 0.217 e. The van der Waals surface area contributed by atoms with Crippen molar-refractivity contribution in [3.05, 3.63) is 0 Å². The molecular weight excluding hydrogens is 226 g/mol. The Labute approximate surface area is 97.6 Å². The van der Waals surface area contributed by atoms with Crippen LogP contribution < -0.4 is 5.73 Å². The van der Waals surface area contributed by atoms with Crippen molar-refractivity contribution < 1.29 is 8.42 Å². The SMILES string of the molecule is CC(CN)N1CCN(S(=O)(=O)C2CC2)CC1. The van der Waals surface area contributed by atoms with Crippen LogP contribution in [0.25, 0.3) is 0 Å². The molecule has 2 aliphatic rings. The molecule has 1 saturated carbocycles. The highest BCUT2D eigenvalue weighted by Crippen LogP contribution is 2.31. The molecule has 2 N–H and O–H groups in total. The Morgan fingerprint density at radius 3 is 2.25 bits per heavy atom. The van der Waals surface area contributed by atoms with Crippen LogP contribution in [0.15, 0.2) is 0 Å². The average Bonchev–Trinajstić information content (AvgIpc) is 3.12. The maximum atomic E-state index is 12.0. The molecule has 0 spiro atoms. The quantitative estimate of drug-likeness (QED) is 0.723. The van der Waals surface area contributed by atoms with E-state index in [0.717, 1.165) is 25.9 Å². The molecule has 0 amide bonds. The van der Waals surface area contributed by atoms with Gasteiger partial charge in [0.2, 0.25) is 10.0 Å². The van der Waals surface area contributed by atoms with Gasteiger partial charge in [-0.25, -0.2) is 8.42 Å². The van der Waals surface area contributed by atoms with E-state index in [0.29, 0.717) is 25.7 Å². The second-order valence-electron chi connectivity index (χ2n) is 4.76. The van der Waals surface area contributed by atoms with Gasteiger partial charge in [-0.3, -0.25) is 4.90 Å². The minimum absolute atomic E-state index is 0.0778. The summed E-state index contributed by atoms with van der Waals surface area (Å²) in [6.07, 6.45) is 1.70. The lowest BCUT2D eigenvalue weighted by atomic mass is 10.2. The zero-order valence-electron chi connectivity index (χ0n) is 9.80. The van der Waals surface area contributed by atoms with Crippen molar-refractivity contribution in [2.75, 3.05) is 32.7 Å². The summed E-state index contributed by atoms with van der Waals surface area (Å²) in [5.41, 5.74) is 5.61. The fourth-order valence-electron chi connectivity index (χ4n) is 2.12. The Bertz CT molecular complexity index is 332. The van der Waals surface area contributed by atoms with Crippen molar-refractivity contribution in [1.29, 1.82) is 0 Å². The minimum Gasteiger partial charge on any atom is -0.329 e. The molecule has 1 saturated heterocycles. The van der Waals surface area contributed by atoms with Crippen LogP contribution in [0.5, 0.6) is 0 Å². The molecule has 0 radical (unpaired) electrons. The summed E-state index contributed by atoms with van der Waals surface area (Å²) in [6.45, 7) is 5.60. The monoisotopic (exact) mass is 247 g/mol. The fraction of sp³-hybridized carbons (Fsp3) is 1.00. The third-order valence-electron chi connectivity index (χ3n) is 3.54.